The summed E-state index contributed by atoms with van der Waals surface area (Å²) in [6.45, 7) is -0.115. The fourth-order valence-corrected chi connectivity index (χ4v) is 3.17. The summed E-state index contributed by atoms with van der Waals surface area (Å²) in [7, 11) is 0. The highest BCUT2D eigenvalue weighted by Gasteiger charge is 2.12. The van der Waals surface area contributed by atoms with Crippen molar-refractivity contribution in [2.24, 2.45) is 0 Å². The van der Waals surface area contributed by atoms with Crippen molar-refractivity contribution in [1.29, 1.82) is 0 Å². The number of nitrogens with one attached hydrogen (secondary N) is 1. The molecule has 0 unspecified atom stereocenters. The number of anilines is 1. The molecule has 10 heteroatoms. The molecule has 0 spiro atoms. The SMILES string of the molecule is O=C(Cn1cnccc1=O)Nc1ccc(-c2ccc3nnc(-c4ccccn4)n3n2)cc1. The van der Waals surface area contributed by atoms with E-state index in [1.807, 2.05) is 42.5 Å². The van der Waals surface area contributed by atoms with Crippen molar-refractivity contribution in [3.05, 3.63) is 89.7 Å². The van der Waals surface area contributed by atoms with E-state index < -0.39 is 0 Å². The van der Waals surface area contributed by atoms with Crippen molar-refractivity contribution in [1.82, 2.24) is 34.3 Å². The molecule has 0 fully saturated rings. The van der Waals surface area contributed by atoms with Crippen molar-refractivity contribution in [2.45, 2.75) is 6.54 Å². The predicted octanol–water partition coefficient (Wildman–Crippen LogP) is 2.05. The zero-order valence-electron chi connectivity index (χ0n) is 16.7. The molecule has 5 rings (SSSR count). The molecule has 0 aliphatic heterocycles. The molecule has 0 radical (unpaired) electrons. The van der Waals surface area contributed by atoms with Gasteiger partial charge >= 0.3 is 0 Å². The van der Waals surface area contributed by atoms with E-state index >= 15 is 0 Å². The van der Waals surface area contributed by atoms with Crippen LogP contribution in [0.3, 0.4) is 0 Å². The van der Waals surface area contributed by atoms with Crippen LogP contribution in [0.4, 0.5) is 5.69 Å². The molecule has 4 heterocycles. The molecule has 32 heavy (non-hydrogen) atoms. The Morgan fingerprint density at radius 1 is 0.906 bits per heavy atom. The molecular formula is C22H16N8O2. The third-order valence-electron chi connectivity index (χ3n) is 4.73. The van der Waals surface area contributed by atoms with Crippen molar-refractivity contribution >= 4 is 17.2 Å². The Morgan fingerprint density at radius 2 is 1.78 bits per heavy atom. The van der Waals surface area contributed by atoms with Crippen molar-refractivity contribution in [3.8, 4) is 22.8 Å². The predicted molar refractivity (Wildman–Crippen MR) is 117 cm³/mol. The van der Waals surface area contributed by atoms with Crippen LogP contribution < -0.4 is 10.9 Å². The van der Waals surface area contributed by atoms with Gasteiger partial charge in [-0.05, 0) is 36.4 Å². The topological polar surface area (TPSA) is 120 Å². The van der Waals surface area contributed by atoms with Gasteiger partial charge in [0.15, 0.2) is 5.65 Å². The van der Waals surface area contributed by atoms with E-state index in [2.05, 4.69) is 30.6 Å². The first kappa shape index (κ1) is 19.2. The molecule has 0 saturated heterocycles. The highest BCUT2D eigenvalue weighted by Crippen LogP contribution is 2.22. The van der Waals surface area contributed by atoms with Gasteiger partial charge in [-0.2, -0.15) is 9.61 Å². The van der Waals surface area contributed by atoms with Gasteiger partial charge in [0.25, 0.3) is 5.56 Å². The second kappa shape index (κ2) is 8.19. The number of carbonyl (C=O) groups excluding carboxylic acids is 1. The van der Waals surface area contributed by atoms with Gasteiger partial charge in [-0.1, -0.05) is 18.2 Å². The van der Waals surface area contributed by atoms with Crippen LogP contribution in [0, 0.1) is 0 Å². The van der Waals surface area contributed by atoms with Crippen molar-refractivity contribution in [2.75, 3.05) is 5.32 Å². The second-order valence-electron chi connectivity index (χ2n) is 6.90. The van der Waals surface area contributed by atoms with Gasteiger partial charge in [-0.15, -0.1) is 10.2 Å². The highest BCUT2D eigenvalue weighted by molar-refractivity contribution is 5.90. The molecule has 156 valence electrons. The molecule has 0 aliphatic rings. The molecular weight excluding hydrogens is 408 g/mol. The van der Waals surface area contributed by atoms with E-state index in [9.17, 15) is 9.59 Å². The molecule has 10 nitrogen and oxygen atoms in total. The average molecular weight is 424 g/mol. The Hall–Kier alpha value is -4.73. The summed E-state index contributed by atoms with van der Waals surface area (Å²) in [6, 6.07) is 17.8. The first-order valence-electron chi connectivity index (χ1n) is 9.72. The van der Waals surface area contributed by atoms with Gasteiger partial charge < -0.3 is 5.32 Å². The van der Waals surface area contributed by atoms with Crippen LogP contribution in [0.2, 0.25) is 0 Å². The van der Waals surface area contributed by atoms with Crippen molar-refractivity contribution in [3.63, 3.8) is 0 Å². The van der Waals surface area contributed by atoms with E-state index in [4.69, 9.17) is 0 Å². The van der Waals surface area contributed by atoms with Crippen LogP contribution in [-0.4, -0.2) is 40.3 Å². The maximum Gasteiger partial charge on any atom is 0.253 e. The van der Waals surface area contributed by atoms with Crippen LogP contribution in [-0.2, 0) is 11.3 Å². The minimum atomic E-state index is -0.322. The summed E-state index contributed by atoms with van der Waals surface area (Å²) >= 11 is 0. The second-order valence-corrected chi connectivity index (χ2v) is 6.90. The normalized spacial score (nSPS) is 10.9. The largest absolute Gasteiger partial charge is 0.325 e. The number of rotatable bonds is 5. The van der Waals surface area contributed by atoms with Crippen molar-refractivity contribution < 1.29 is 4.79 Å². The first-order chi connectivity index (χ1) is 15.7. The lowest BCUT2D eigenvalue weighted by Gasteiger charge is -2.08. The average Bonchev–Trinajstić information content (AvgIpc) is 3.25. The Labute approximate surface area is 181 Å². The van der Waals surface area contributed by atoms with Crippen LogP contribution in [0.1, 0.15) is 0 Å². The van der Waals surface area contributed by atoms with Gasteiger partial charge in [0.1, 0.15) is 12.2 Å². The van der Waals surface area contributed by atoms with E-state index in [0.29, 0.717) is 28.5 Å². The van der Waals surface area contributed by atoms with Crippen LogP contribution in [0.25, 0.3) is 28.4 Å². The fourth-order valence-electron chi connectivity index (χ4n) is 3.17. The van der Waals surface area contributed by atoms with Crippen LogP contribution >= 0.6 is 0 Å². The Kier molecular flexibility index (Phi) is 4.92. The summed E-state index contributed by atoms with van der Waals surface area (Å²) in [5.74, 6) is 0.230. The number of benzene rings is 1. The Balaban J connectivity index is 1.36. The van der Waals surface area contributed by atoms with E-state index in [1.165, 1.54) is 23.2 Å². The molecule has 4 aromatic heterocycles. The smallest absolute Gasteiger partial charge is 0.253 e. The number of amides is 1. The summed E-state index contributed by atoms with van der Waals surface area (Å²) in [5, 5.41) is 15.8. The molecule has 0 saturated carbocycles. The molecule has 0 bridgehead atoms. The van der Waals surface area contributed by atoms with Gasteiger partial charge in [0.2, 0.25) is 11.7 Å². The Morgan fingerprint density at radius 3 is 2.56 bits per heavy atom. The number of aromatic nitrogens is 7. The van der Waals surface area contributed by atoms with Gasteiger partial charge in [0.05, 0.1) is 12.0 Å². The molecule has 0 aliphatic carbocycles. The number of nitrogens with zero attached hydrogens (tertiary/aromatic N) is 7. The minimum absolute atomic E-state index is 0.115. The van der Waals surface area contributed by atoms with Crippen LogP contribution in [0.15, 0.2) is 84.2 Å². The zero-order valence-corrected chi connectivity index (χ0v) is 16.7. The molecule has 1 N–H and O–H groups in total. The summed E-state index contributed by atoms with van der Waals surface area (Å²) in [6.07, 6.45) is 4.41. The highest BCUT2D eigenvalue weighted by atomic mass is 16.2. The number of hydrogen-bond acceptors (Lipinski definition) is 7. The number of carbonyl (C=O) groups is 1. The van der Waals surface area contributed by atoms with E-state index in [1.54, 1.807) is 22.8 Å². The van der Waals surface area contributed by atoms with Gasteiger partial charge in [-0.25, -0.2) is 4.98 Å². The molecule has 0 atom stereocenters. The minimum Gasteiger partial charge on any atom is -0.325 e. The van der Waals surface area contributed by atoms with E-state index in [-0.39, 0.29) is 18.0 Å². The monoisotopic (exact) mass is 424 g/mol. The fraction of sp³-hybridized carbons (Fsp3) is 0.0455. The summed E-state index contributed by atoms with van der Waals surface area (Å²) in [4.78, 5) is 32.1. The lowest BCUT2D eigenvalue weighted by molar-refractivity contribution is -0.116. The molecule has 1 amide bonds. The quantitative estimate of drug-likeness (QED) is 0.458. The standard InChI is InChI=1S/C22H16N8O2/c31-20(13-29-14-23-12-10-21(29)32)25-16-6-4-15(5-7-16)17-8-9-19-26-27-22(30(19)28-17)18-3-1-2-11-24-18/h1-12,14H,13H2,(H,25,31). The third-order valence-corrected chi connectivity index (χ3v) is 4.73. The lowest BCUT2D eigenvalue weighted by atomic mass is 10.1. The first-order valence-corrected chi connectivity index (χ1v) is 9.72. The zero-order chi connectivity index (χ0) is 21.9. The Bertz CT molecular complexity index is 1460. The summed E-state index contributed by atoms with van der Waals surface area (Å²) in [5.41, 5.74) is 3.18. The molecule has 5 aromatic rings. The lowest BCUT2D eigenvalue weighted by Crippen LogP contribution is -2.26. The van der Waals surface area contributed by atoms with Gasteiger partial charge in [0, 0.05) is 29.7 Å². The number of hydrogen-bond donors (Lipinski definition) is 1. The van der Waals surface area contributed by atoms with E-state index in [0.717, 1.165) is 5.56 Å². The molecule has 1 aromatic carbocycles. The summed E-state index contributed by atoms with van der Waals surface area (Å²) < 4.78 is 2.89. The number of pyridine rings is 1. The number of fused-ring (bicyclic) bond motifs is 1. The van der Waals surface area contributed by atoms with Gasteiger partial charge in [-0.3, -0.25) is 19.1 Å². The maximum atomic E-state index is 12.2. The maximum absolute atomic E-state index is 12.2. The van der Waals surface area contributed by atoms with Crippen LogP contribution in [0.5, 0.6) is 0 Å². The third kappa shape index (κ3) is 3.84.